The van der Waals surface area contributed by atoms with Crippen molar-refractivity contribution in [1.29, 1.82) is 0 Å². The van der Waals surface area contributed by atoms with Crippen molar-refractivity contribution in [2.45, 2.75) is 52.4 Å². The summed E-state index contributed by atoms with van der Waals surface area (Å²) in [6.07, 6.45) is 3.79. The summed E-state index contributed by atoms with van der Waals surface area (Å²) in [6.45, 7) is 17.6. The molecule has 0 bridgehead atoms. The molecule has 1 N–H and O–H groups in total. The zero-order chi connectivity index (χ0) is 44.5. The standard InChI is InChI=1S/C59H51N4O.Pt/c1-9-44-34-42-18-14-22-48(56(42)63(44)45-19-11-10-12-20-45)39-30-31-60-51(35-39)40-17-13-16-37(32-40)47-21-15-23-52-55(47)61-57(62(52)8)49-27-24-41(36-53(49)64)54-46-28-26-43(58(2,3)4)33-38(46)25-29-50(54)59(5,6)7;/h9-31,33-36,64H,1H2,2-8H3;/q-1;. The first kappa shape index (κ1) is 43.4. The molecule has 3 aromatic heterocycles. The van der Waals surface area contributed by atoms with Crippen LogP contribution in [0.2, 0.25) is 0 Å². The number of fused-ring (bicyclic) bond motifs is 3. The molecule has 0 saturated carbocycles. The number of hydrogen-bond acceptors (Lipinski definition) is 3. The first-order valence-electron chi connectivity index (χ1n) is 22.0. The number of phenols is 1. The molecule has 0 radical (unpaired) electrons. The molecule has 10 rings (SSSR count). The van der Waals surface area contributed by atoms with E-state index in [-0.39, 0.29) is 37.6 Å². The predicted octanol–water partition coefficient (Wildman–Crippen LogP) is 15.1. The van der Waals surface area contributed by atoms with E-state index in [4.69, 9.17) is 9.97 Å². The average Bonchev–Trinajstić information content (AvgIpc) is 3.85. The summed E-state index contributed by atoms with van der Waals surface area (Å²) in [4.78, 5) is 10.1. The van der Waals surface area contributed by atoms with Crippen molar-refractivity contribution in [3.63, 3.8) is 0 Å². The predicted molar refractivity (Wildman–Crippen MR) is 268 cm³/mol. The van der Waals surface area contributed by atoms with Gasteiger partial charge in [0.2, 0.25) is 0 Å². The number of rotatable bonds is 7. The minimum atomic E-state index is -0.110. The fraction of sp³-hybridized carbons (Fsp3) is 0.153. The fourth-order valence-electron chi connectivity index (χ4n) is 9.32. The number of aryl methyl sites for hydroxylation is 1. The molecule has 0 unspecified atom stereocenters. The molecule has 65 heavy (non-hydrogen) atoms. The van der Waals surface area contributed by atoms with Crippen LogP contribution in [0.3, 0.4) is 0 Å². The van der Waals surface area contributed by atoms with Crippen LogP contribution >= 0.6 is 0 Å². The van der Waals surface area contributed by atoms with E-state index in [9.17, 15) is 5.11 Å². The number of nitrogens with zero attached hydrogens (tertiary/aromatic N) is 4. The van der Waals surface area contributed by atoms with E-state index in [1.165, 1.54) is 21.9 Å². The quantitative estimate of drug-likeness (QED) is 0.162. The summed E-state index contributed by atoms with van der Waals surface area (Å²) in [5.41, 5.74) is 16.1. The van der Waals surface area contributed by atoms with Crippen LogP contribution in [0.4, 0.5) is 0 Å². The van der Waals surface area contributed by atoms with Crippen LogP contribution in [-0.2, 0) is 38.9 Å². The van der Waals surface area contributed by atoms with Crippen LogP contribution in [-0.4, -0.2) is 24.2 Å². The second kappa shape index (κ2) is 16.6. The number of hydrogen-bond donors (Lipinski definition) is 1. The van der Waals surface area contributed by atoms with Gasteiger partial charge in [0.05, 0.1) is 22.1 Å². The molecule has 0 saturated heterocycles. The third-order valence-electron chi connectivity index (χ3n) is 12.6. The van der Waals surface area contributed by atoms with E-state index in [1.807, 2.05) is 37.5 Å². The molecule has 6 heteroatoms. The smallest absolute Gasteiger partial charge is 0.143 e. The molecule has 0 amide bonds. The number of aromatic hydroxyl groups is 1. The largest absolute Gasteiger partial charge is 0.507 e. The summed E-state index contributed by atoms with van der Waals surface area (Å²) >= 11 is 0. The van der Waals surface area contributed by atoms with Gasteiger partial charge in [-0.05, 0) is 98.0 Å². The Morgan fingerprint density at radius 3 is 2.15 bits per heavy atom. The minimum absolute atomic E-state index is 0. The van der Waals surface area contributed by atoms with Gasteiger partial charge >= 0.3 is 0 Å². The topological polar surface area (TPSA) is 55.9 Å². The normalized spacial score (nSPS) is 11.9. The Morgan fingerprint density at radius 1 is 0.646 bits per heavy atom. The van der Waals surface area contributed by atoms with Gasteiger partial charge in [0.1, 0.15) is 11.6 Å². The summed E-state index contributed by atoms with van der Waals surface area (Å²) < 4.78 is 4.34. The first-order chi connectivity index (χ1) is 30.8. The van der Waals surface area contributed by atoms with Gasteiger partial charge in [-0.25, -0.2) is 4.98 Å². The maximum Gasteiger partial charge on any atom is 0.143 e. The van der Waals surface area contributed by atoms with Gasteiger partial charge in [-0.15, -0.1) is 29.8 Å². The molecule has 0 aliphatic carbocycles. The molecule has 7 aromatic carbocycles. The van der Waals surface area contributed by atoms with Crippen molar-refractivity contribution in [2.75, 3.05) is 0 Å². The zero-order valence-corrected chi connectivity index (χ0v) is 40.1. The Labute approximate surface area is 396 Å². The van der Waals surface area contributed by atoms with E-state index in [2.05, 4.69) is 197 Å². The van der Waals surface area contributed by atoms with Gasteiger partial charge in [0, 0.05) is 62.3 Å². The third-order valence-corrected chi connectivity index (χ3v) is 12.6. The molecule has 10 aromatic rings. The van der Waals surface area contributed by atoms with Crippen LogP contribution in [0.1, 0.15) is 58.4 Å². The van der Waals surface area contributed by atoms with E-state index in [0.717, 1.165) is 78.0 Å². The van der Waals surface area contributed by atoms with Crippen molar-refractivity contribution in [2.24, 2.45) is 7.05 Å². The number of benzene rings is 7. The van der Waals surface area contributed by atoms with Gasteiger partial charge in [0.25, 0.3) is 0 Å². The Morgan fingerprint density at radius 2 is 1.40 bits per heavy atom. The molecule has 3 heterocycles. The number of para-hydroxylation sites is 3. The monoisotopic (exact) mass is 1030 g/mol. The van der Waals surface area contributed by atoms with E-state index in [1.54, 1.807) is 0 Å². The number of aromatic nitrogens is 4. The molecule has 0 aliphatic rings. The molecule has 0 spiro atoms. The number of imidazole rings is 1. The average molecular weight is 1030 g/mol. The van der Waals surface area contributed by atoms with Crippen molar-refractivity contribution < 1.29 is 26.2 Å². The summed E-state index contributed by atoms with van der Waals surface area (Å²) in [5.74, 6) is 0.877. The fourth-order valence-corrected chi connectivity index (χ4v) is 9.32. The molecule has 5 nitrogen and oxygen atoms in total. The summed E-state index contributed by atoms with van der Waals surface area (Å²) in [6, 6.07) is 56.8. The minimum Gasteiger partial charge on any atom is -0.507 e. The van der Waals surface area contributed by atoms with Crippen molar-refractivity contribution in [3.8, 4) is 67.5 Å². The van der Waals surface area contributed by atoms with Crippen molar-refractivity contribution in [1.82, 2.24) is 19.1 Å². The zero-order valence-electron chi connectivity index (χ0n) is 37.8. The first-order valence-corrected chi connectivity index (χ1v) is 22.0. The van der Waals surface area contributed by atoms with Crippen LogP contribution in [0, 0.1) is 6.07 Å². The second-order valence-corrected chi connectivity index (χ2v) is 18.9. The molecular formula is C59H51N4OPt-. The Kier molecular flexibility index (Phi) is 11.1. The molecular weight excluding hydrogens is 976 g/mol. The van der Waals surface area contributed by atoms with Gasteiger partial charge in [0.15, 0.2) is 0 Å². The summed E-state index contributed by atoms with van der Waals surface area (Å²) in [5, 5.41) is 15.4. The van der Waals surface area contributed by atoms with E-state index in [0.29, 0.717) is 11.4 Å². The van der Waals surface area contributed by atoms with Crippen LogP contribution in [0.5, 0.6) is 5.75 Å². The SMILES string of the molecule is C=Cc1cc2cccc(-c3ccnc(-c4[c-]c(-c5cccc6c5nc(-c5ccc(-c7c(C(C)(C)C)ccc8cc(C(C)(C)C)ccc78)cc5O)n6C)ccc4)c3)c2n1-c1ccccc1.[Pt]. The van der Waals surface area contributed by atoms with Crippen LogP contribution in [0.15, 0.2) is 164 Å². The second-order valence-electron chi connectivity index (χ2n) is 18.9. The molecule has 324 valence electrons. The van der Waals surface area contributed by atoms with E-state index < -0.39 is 0 Å². The number of phenolic OH excluding ortho intramolecular Hbond substituents is 1. The molecule has 0 atom stereocenters. The van der Waals surface area contributed by atoms with Crippen LogP contribution < -0.4 is 0 Å². The maximum absolute atomic E-state index is 11.9. The summed E-state index contributed by atoms with van der Waals surface area (Å²) in [7, 11) is 2.01. The van der Waals surface area contributed by atoms with Gasteiger partial charge in [-0.1, -0.05) is 150 Å². The Bertz CT molecular complexity index is 3450. The maximum atomic E-state index is 11.9. The van der Waals surface area contributed by atoms with E-state index >= 15 is 0 Å². The van der Waals surface area contributed by atoms with Crippen LogP contribution in [0.25, 0.3) is 100 Å². The van der Waals surface area contributed by atoms with Crippen molar-refractivity contribution in [3.05, 3.63) is 187 Å². The Balaban J connectivity index is 0.00000533. The molecule has 0 aliphatic heterocycles. The Hall–Kier alpha value is -6.81. The van der Waals surface area contributed by atoms with Crippen molar-refractivity contribution >= 4 is 38.8 Å². The van der Waals surface area contributed by atoms with Gasteiger partial charge in [-0.2, -0.15) is 0 Å². The third kappa shape index (κ3) is 7.72. The molecule has 0 fully saturated rings. The number of pyridine rings is 1. The van der Waals surface area contributed by atoms with Gasteiger partial charge in [-0.3, -0.25) is 4.98 Å². The van der Waals surface area contributed by atoms with Gasteiger partial charge < -0.3 is 14.2 Å².